The fourth-order valence-corrected chi connectivity index (χ4v) is 1.53. The van der Waals surface area contributed by atoms with Crippen LogP contribution in [-0.2, 0) is 0 Å². The Bertz CT molecular complexity index is 119. The van der Waals surface area contributed by atoms with E-state index in [4.69, 9.17) is 0 Å². The maximum absolute atomic E-state index is 4.12. The minimum Gasteiger partial charge on any atom is -0.300 e. The summed E-state index contributed by atoms with van der Waals surface area (Å²) in [6, 6.07) is 0.731. The summed E-state index contributed by atoms with van der Waals surface area (Å²) in [6.07, 6.45) is 6.76. The van der Waals surface area contributed by atoms with E-state index >= 15 is 0 Å². The summed E-state index contributed by atoms with van der Waals surface area (Å²) >= 11 is 4.12. The van der Waals surface area contributed by atoms with Gasteiger partial charge in [-0.05, 0) is 19.9 Å². The first-order valence-corrected chi connectivity index (χ1v) is 5.35. The zero-order valence-electron chi connectivity index (χ0n) is 8.45. The predicted octanol–water partition coefficient (Wildman–Crippen LogP) is 2.59. The number of hydrogen-bond donors (Lipinski definition) is 1. The van der Waals surface area contributed by atoms with Crippen LogP contribution < -0.4 is 0 Å². The monoisotopic (exact) mass is 187 g/mol. The van der Waals surface area contributed by atoms with E-state index in [1.54, 1.807) is 0 Å². The minimum atomic E-state index is 0.731. The van der Waals surface area contributed by atoms with Gasteiger partial charge in [-0.15, -0.1) is 0 Å². The van der Waals surface area contributed by atoms with E-state index in [-0.39, 0.29) is 0 Å². The molecule has 0 aromatic carbocycles. The third-order valence-corrected chi connectivity index (χ3v) is 2.44. The molecule has 0 aliphatic heterocycles. The van der Waals surface area contributed by atoms with Crippen LogP contribution in [0.5, 0.6) is 0 Å². The first-order valence-electron chi connectivity index (χ1n) is 4.72. The zero-order chi connectivity index (χ0) is 9.40. The summed E-state index contributed by atoms with van der Waals surface area (Å²) in [4.78, 5) is 2.39. The van der Waals surface area contributed by atoms with Gasteiger partial charge in [0.2, 0.25) is 0 Å². The molecular weight excluding hydrogens is 166 g/mol. The molecular formula is C10H21NS. The molecule has 0 unspecified atom stereocenters. The van der Waals surface area contributed by atoms with Crippen LogP contribution >= 0.6 is 12.6 Å². The SMILES string of the molecule is CCC(CC)N(C)CC=CCS. The Morgan fingerprint density at radius 1 is 1.25 bits per heavy atom. The van der Waals surface area contributed by atoms with Crippen LogP contribution in [0.25, 0.3) is 0 Å². The van der Waals surface area contributed by atoms with E-state index in [0.29, 0.717) is 0 Å². The Morgan fingerprint density at radius 3 is 2.25 bits per heavy atom. The third kappa shape index (κ3) is 4.83. The fourth-order valence-electron chi connectivity index (χ4n) is 1.38. The molecule has 0 aromatic rings. The summed E-state index contributed by atoms with van der Waals surface area (Å²) in [6.45, 7) is 5.53. The Morgan fingerprint density at radius 2 is 1.83 bits per heavy atom. The number of hydrogen-bond acceptors (Lipinski definition) is 2. The van der Waals surface area contributed by atoms with E-state index in [9.17, 15) is 0 Å². The van der Waals surface area contributed by atoms with Gasteiger partial charge in [-0.2, -0.15) is 12.6 Å². The number of thiol groups is 1. The second kappa shape index (κ2) is 7.69. The topological polar surface area (TPSA) is 3.24 Å². The van der Waals surface area contributed by atoms with Gasteiger partial charge >= 0.3 is 0 Å². The standard InChI is InChI=1S/C10H21NS/c1-4-10(5-2)11(3)8-6-7-9-12/h6-7,10,12H,4-5,8-9H2,1-3H3. The van der Waals surface area contributed by atoms with Crippen LogP contribution in [0, 0.1) is 0 Å². The molecule has 0 aliphatic rings. The van der Waals surface area contributed by atoms with Gasteiger partial charge in [-0.3, -0.25) is 4.90 Å². The van der Waals surface area contributed by atoms with Gasteiger partial charge in [0.05, 0.1) is 0 Å². The molecule has 0 saturated heterocycles. The first-order chi connectivity index (χ1) is 5.76. The summed E-state index contributed by atoms with van der Waals surface area (Å²) in [5.41, 5.74) is 0. The van der Waals surface area contributed by atoms with E-state index in [1.165, 1.54) is 12.8 Å². The maximum Gasteiger partial charge on any atom is 0.0163 e. The maximum atomic E-state index is 4.12. The van der Waals surface area contributed by atoms with Crippen molar-refractivity contribution >= 4 is 12.6 Å². The summed E-state index contributed by atoms with van der Waals surface area (Å²) < 4.78 is 0. The molecule has 12 heavy (non-hydrogen) atoms. The van der Waals surface area contributed by atoms with Crippen molar-refractivity contribution in [2.45, 2.75) is 32.7 Å². The van der Waals surface area contributed by atoms with Gasteiger partial charge in [0.25, 0.3) is 0 Å². The second-order valence-electron chi connectivity index (χ2n) is 3.06. The van der Waals surface area contributed by atoms with Gasteiger partial charge in [-0.25, -0.2) is 0 Å². The number of likely N-dealkylation sites (N-methyl/N-ethyl adjacent to an activating group) is 1. The lowest BCUT2D eigenvalue weighted by Gasteiger charge is -2.24. The molecule has 1 nitrogen and oxygen atoms in total. The van der Waals surface area contributed by atoms with Gasteiger partial charge in [0.15, 0.2) is 0 Å². The van der Waals surface area contributed by atoms with Crippen LogP contribution in [0.4, 0.5) is 0 Å². The van der Waals surface area contributed by atoms with Crippen LogP contribution in [0.1, 0.15) is 26.7 Å². The molecule has 0 heterocycles. The molecule has 0 amide bonds. The molecule has 0 saturated carbocycles. The van der Waals surface area contributed by atoms with Gasteiger partial charge in [-0.1, -0.05) is 26.0 Å². The molecule has 0 N–H and O–H groups in total. The largest absolute Gasteiger partial charge is 0.300 e. The summed E-state index contributed by atoms with van der Waals surface area (Å²) in [5, 5.41) is 0. The average molecular weight is 187 g/mol. The summed E-state index contributed by atoms with van der Waals surface area (Å²) in [5.74, 6) is 0.844. The van der Waals surface area contributed by atoms with Crippen molar-refractivity contribution in [2.75, 3.05) is 19.3 Å². The highest BCUT2D eigenvalue weighted by Gasteiger charge is 2.07. The van der Waals surface area contributed by atoms with Crippen molar-refractivity contribution in [3.8, 4) is 0 Å². The minimum absolute atomic E-state index is 0.731. The molecule has 2 heteroatoms. The van der Waals surface area contributed by atoms with E-state index in [0.717, 1.165) is 18.3 Å². The number of nitrogens with zero attached hydrogens (tertiary/aromatic N) is 1. The van der Waals surface area contributed by atoms with Crippen LogP contribution in [0.15, 0.2) is 12.2 Å². The first kappa shape index (κ1) is 12.0. The zero-order valence-corrected chi connectivity index (χ0v) is 9.35. The Kier molecular flexibility index (Phi) is 7.72. The molecule has 0 aliphatic carbocycles. The lowest BCUT2D eigenvalue weighted by atomic mass is 10.1. The summed E-state index contributed by atoms with van der Waals surface area (Å²) in [7, 11) is 2.18. The van der Waals surface area contributed by atoms with Crippen molar-refractivity contribution in [1.29, 1.82) is 0 Å². The normalized spacial score (nSPS) is 12.2. The Labute approximate surface area is 82.2 Å². The predicted molar refractivity (Wildman–Crippen MR) is 60.0 cm³/mol. The molecule has 0 rings (SSSR count). The number of rotatable bonds is 6. The molecule has 0 atom stereocenters. The molecule has 0 bridgehead atoms. The van der Waals surface area contributed by atoms with E-state index in [2.05, 4.69) is 50.6 Å². The van der Waals surface area contributed by atoms with Gasteiger partial charge < -0.3 is 0 Å². The highest BCUT2D eigenvalue weighted by Crippen LogP contribution is 2.05. The molecule has 0 radical (unpaired) electrons. The third-order valence-electron chi connectivity index (χ3n) is 2.23. The fraction of sp³-hybridized carbons (Fsp3) is 0.800. The average Bonchev–Trinajstić information content (AvgIpc) is 2.07. The smallest absolute Gasteiger partial charge is 0.0163 e. The molecule has 0 aromatic heterocycles. The van der Waals surface area contributed by atoms with Crippen molar-refractivity contribution in [2.24, 2.45) is 0 Å². The second-order valence-corrected chi connectivity index (χ2v) is 3.43. The Hall–Kier alpha value is 0.0500. The lowest BCUT2D eigenvalue weighted by Crippen LogP contribution is -2.30. The highest BCUT2D eigenvalue weighted by atomic mass is 32.1. The van der Waals surface area contributed by atoms with Crippen LogP contribution in [0.3, 0.4) is 0 Å². The van der Waals surface area contributed by atoms with Crippen LogP contribution in [0.2, 0.25) is 0 Å². The van der Waals surface area contributed by atoms with Crippen molar-refractivity contribution in [3.05, 3.63) is 12.2 Å². The van der Waals surface area contributed by atoms with Crippen molar-refractivity contribution < 1.29 is 0 Å². The van der Waals surface area contributed by atoms with E-state index < -0.39 is 0 Å². The van der Waals surface area contributed by atoms with Crippen molar-refractivity contribution in [1.82, 2.24) is 4.90 Å². The van der Waals surface area contributed by atoms with Crippen LogP contribution in [-0.4, -0.2) is 30.3 Å². The quantitative estimate of drug-likeness (QED) is 0.494. The Balaban J connectivity index is 3.68. The molecule has 72 valence electrons. The molecule has 0 fully saturated rings. The van der Waals surface area contributed by atoms with Gasteiger partial charge in [0, 0.05) is 18.3 Å². The molecule has 0 spiro atoms. The van der Waals surface area contributed by atoms with Gasteiger partial charge in [0.1, 0.15) is 0 Å². The van der Waals surface area contributed by atoms with Crippen molar-refractivity contribution in [3.63, 3.8) is 0 Å². The highest BCUT2D eigenvalue weighted by molar-refractivity contribution is 7.80. The lowest BCUT2D eigenvalue weighted by molar-refractivity contribution is 0.253. The van der Waals surface area contributed by atoms with E-state index in [1.807, 2.05) is 0 Å².